The van der Waals surface area contributed by atoms with Crippen molar-refractivity contribution in [2.75, 3.05) is 13.1 Å². The summed E-state index contributed by atoms with van der Waals surface area (Å²) in [5, 5.41) is 15.8. The van der Waals surface area contributed by atoms with E-state index in [0.29, 0.717) is 5.92 Å². The summed E-state index contributed by atoms with van der Waals surface area (Å²) < 4.78 is 12.8. The molecule has 2 aromatic rings. The predicted molar refractivity (Wildman–Crippen MR) is 68.4 cm³/mol. The predicted octanol–water partition coefficient (Wildman–Crippen LogP) is 1.34. The van der Waals surface area contributed by atoms with Gasteiger partial charge in [0.1, 0.15) is 5.82 Å². The van der Waals surface area contributed by atoms with E-state index in [1.165, 1.54) is 16.9 Å². The van der Waals surface area contributed by atoms with Crippen LogP contribution in [0.3, 0.4) is 0 Å². The van der Waals surface area contributed by atoms with E-state index in [1.54, 1.807) is 12.1 Å². The number of tetrazole rings is 1. The van der Waals surface area contributed by atoms with Crippen molar-refractivity contribution < 1.29 is 4.39 Å². The molecule has 1 aliphatic heterocycles. The highest BCUT2D eigenvalue weighted by Crippen LogP contribution is 2.15. The number of nitrogens with one attached hydrogen (secondary N) is 1. The molecule has 1 aromatic heterocycles. The number of piperidine rings is 1. The molecule has 6 heteroatoms. The molecule has 0 aliphatic carbocycles. The zero-order chi connectivity index (χ0) is 13.1. The molecule has 0 bridgehead atoms. The van der Waals surface area contributed by atoms with Gasteiger partial charge in [0.05, 0.1) is 5.69 Å². The Morgan fingerprint density at radius 2 is 1.95 bits per heavy atom. The SMILES string of the molecule is Fc1ccc(-n2nnc(CC3CCNCC3)n2)cc1. The smallest absolute Gasteiger partial charge is 0.175 e. The molecule has 1 aliphatic rings. The van der Waals surface area contributed by atoms with Crippen molar-refractivity contribution in [3.63, 3.8) is 0 Å². The lowest BCUT2D eigenvalue weighted by Gasteiger charge is -2.20. The lowest BCUT2D eigenvalue weighted by molar-refractivity contribution is 0.367. The zero-order valence-corrected chi connectivity index (χ0v) is 10.6. The molecule has 0 saturated carbocycles. The van der Waals surface area contributed by atoms with E-state index < -0.39 is 0 Å². The molecule has 0 unspecified atom stereocenters. The van der Waals surface area contributed by atoms with Crippen LogP contribution in [0.5, 0.6) is 0 Å². The van der Waals surface area contributed by atoms with Gasteiger partial charge in [-0.2, -0.15) is 0 Å². The van der Waals surface area contributed by atoms with Crippen LogP contribution in [0.4, 0.5) is 4.39 Å². The van der Waals surface area contributed by atoms with Gasteiger partial charge in [-0.1, -0.05) is 0 Å². The largest absolute Gasteiger partial charge is 0.317 e. The average molecular weight is 261 g/mol. The summed E-state index contributed by atoms with van der Waals surface area (Å²) in [5.74, 6) is 1.13. The fraction of sp³-hybridized carbons (Fsp3) is 0.462. The van der Waals surface area contributed by atoms with Gasteiger partial charge in [0, 0.05) is 6.42 Å². The Bertz CT molecular complexity index is 530. The Morgan fingerprint density at radius 1 is 1.21 bits per heavy atom. The standard InChI is InChI=1S/C13H16FN5/c14-11-1-3-12(4-2-11)19-17-13(16-18-19)9-10-5-7-15-8-6-10/h1-4,10,15H,5-9H2. The molecular formula is C13H16FN5. The summed E-state index contributed by atoms with van der Waals surface area (Å²) >= 11 is 0. The Morgan fingerprint density at radius 3 is 2.68 bits per heavy atom. The minimum Gasteiger partial charge on any atom is -0.317 e. The van der Waals surface area contributed by atoms with E-state index in [-0.39, 0.29) is 5.82 Å². The van der Waals surface area contributed by atoms with Gasteiger partial charge in [0.2, 0.25) is 0 Å². The third-order valence-electron chi connectivity index (χ3n) is 3.44. The van der Waals surface area contributed by atoms with Gasteiger partial charge in [-0.15, -0.1) is 15.0 Å². The summed E-state index contributed by atoms with van der Waals surface area (Å²) in [6.45, 7) is 2.13. The van der Waals surface area contributed by atoms with Gasteiger partial charge in [0.15, 0.2) is 5.82 Å². The van der Waals surface area contributed by atoms with Gasteiger partial charge < -0.3 is 5.32 Å². The molecule has 0 atom stereocenters. The molecule has 3 rings (SSSR count). The normalized spacial score (nSPS) is 16.7. The number of halogens is 1. The molecular weight excluding hydrogens is 245 g/mol. The number of hydrogen-bond acceptors (Lipinski definition) is 4. The Hall–Kier alpha value is -1.82. The minimum atomic E-state index is -0.265. The lowest BCUT2D eigenvalue weighted by atomic mass is 9.94. The third kappa shape index (κ3) is 2.96. The molecule has 1 fully saturated rings. The van der Waals surface area contributed by atoms with E-state index in [4.69, 9.17) is 0 Å². The highest BCUT2D eigenvalue weighted by atomic mass is 19.1. The summed E-state index contributed by atoms with van der Waals surface area (Å²) in [5.41, 5.74) is 0.727. The van der Waals surface area contributed by atoms with Crippen molar-refractivity contribution in [1.82, 2.24) is 25.5 Å². The first-order valence-corrected chi connectivity index (χ1v) is 6.57. The minimum absolute atomic E-state index is 0.265. The molecule has 5 nitrogen and oxygen atoms in total. The zero-order valence-electron chi connectivity index (χ0n) is 10.6. The number of benzene rings is 1. The molecule has 0 spiro atoms. The topological polar surface area (TPSA) is 55.6 Å². The highest BCUT2D eigenvalue weighted by Gasteiger charge is 2.16. The molecule has 1 N–H and O–H groups in total. The van der Waals surface area contributed by atoms with Gasteiger partial charge in [0.25, 0.3) is 0 Å². The quantitative estimate of drug-likeness (QED) is 0.906. The molecule has 100 valence electrons. The van der Waals surface area contributed by atoms with Gasteiger partial charge >= 0.3 is 0 Å². The maximum atomic E-state index is 12.8. The third-order valence-corrected chi connectivity index (χ3v) is 3.44. The summed E-state index contributed by atoms with van der Waals surface area (Å²) in [6.07, 6.45) is 3.18. The summed E-state index contributed by atoms with van der Waals surface area (Å²) in [7, 11) is 0. The van der Waals surface area contributed by atoms with E-state index in [9.17, 15) is 4.39 Å². The van der Waals surface area contributed by atoms with E-state index in [0.717, 1.165) is 43.9 Å². The van der Waals surface area contributed by atoms with Crippen molar-refractivity contribution in [2.45, 2.75) is 19.3 Å². The second kappa shape index (κ2) is 5.44. The molecule has 0 radical (unpaired) electrons. The first kappa shape index (κ1) is 12.2. The van der Waals surface area contributed by atoms with E-state index in [1.807, 2.05) is 0 Å². The molecule has 2 heterocycles. The van der Waals surface area contributed by atoms with E-state index in [2.05, 4.69) is 20.7 Å². The lowest BCUT2D eigenvalue weighted by Crippen LogP contribution is -2.28. The molecule has 19 heavy (non-hydrogen) atoms. The molecule has 1 aromatic carbocycles. The summed E-state index contributed by atoms with van der Waals surface area (Å²) in [4.78, 5) is 1.45. The van der Waals surface area contributed by atoms with Crippen molar-refractivity contribution in [2.24, 2.45) is 5.92 Å². The Labute approximate surface area is 110 Å². The van der Waals surface area contributed by atoms with Crippen LogP contribution in [0, 0.1) is 11.7 Å². The number of nitrogens with zero attached hydrogens (tertiary/aromatic N) is 4. The van der Waals surface area contributed by atoms with Crippen LogP contribution in [0.2, 0.25) is 0 Å². The Balaban J connectivity index is 1.70. The van der Waals surface area contributed by atoms with Crippen molar-refractivity contribution in [3.05, 3.63) is 35.9 Å². The van der Waals surface area contributed by atoms with Crippen LogP contribution in [0.25, 0.3) is 5.69 Å². The number of hydrogen-bond donors (Lipinski definition) is 1. The van der Waals surface area contributed by atoms with Crippen molar-refractivity contribution in [1.29, 1.82) is 0 Å². The van der Waals surface area contributed by atoms with Crippen LogP contribution in [-0.4, -0.2) is 33.3 Å². The number of aromatic nitrogens is 4. The maximum Gasteiger partial charge on any atom is 0.175 e. The Kier molecular flexibility index (Phi) is 3.50. The van der Waals surface area contributed by atoms with Crippen LogP contribution in [0.15, 0.2) is 24.3 Å². The molecule has 0 amide bonds. The van der Waals surface area contributed by atoms with Crippen molar-refractivity contribution >= 4 is 0 Å². The molecule has 1 saturated heterocycles. The van der Waals surface area contributed by atoms with E-state index >= 15 is 0 Å². The fourth-order valence-corrected chi connectivity index (χ4v) is 2.35. The average Bonchev–Trinajstić information content (AvgIpc) is 2.89. The van der Waals surface area contributed by atoms with Gasteiger partial charge in [-0.25, -0.2) is 4.39 Å². The first-order chi connectivity index (χ1) is 9.31. The van der Waals surface area contributed by atoms with Gasteiger partial charge in [-0.05, 0) is 61.3 Å². The van der Waals surface area contributed by atoms with Crippen LogP contribution in [-0.2, 0) is 6.42 Å². The monoisotopic (exact) mass is 261 g/mol. The second-order valence-corrected chi connectivity index (χ2v) is 4.87. The van der Waals surface area contributed by atoms with Crippen LogP contribution in [0.1, 0.15) is 18.7 Å². The highest BCUT2D eigenvalue weighted by molar-refractivity contribution is 5.28. The summed E-state index contributed by atoms with van der Waals surface area (Å²) in [6, 6.07) is 6.08. The van der Waals surface area contributed by atoms with Crippen LogP contribution < -0.4 is 5.32 Å². The fourth-order valence-electron chi connectivity index (χ4n) is 2.35. The first-order valence-electron chi connectivity index (χ1n) is 6.57. The van der Waals surface area contributed by atoms with Gasteiger partial charge in [-0.3, -0.25) is 0 Å². The number of rotatable bonds is 3. The maximum absolute atomic E-state index is 12.8. The second-order valence-electron chi connectivity index (χ2n) is 4.87. The van der Waals surface area contributed by atoms with Crippen LogP contribution >= 0.6 is 0 Å². The van der Waals surface area contributed by atoms with Crippen molar-refractivity contribution in [3.8, 4) is 5.69 Å².